The molecule has 2 saturated heterocycles. The third kappa shape index (κ3) is 3.46. The van der Waals surface area contributed by atoms with Gasteiger partial charge in [0.25, 0.3) is 0 Å². The van der Waals surface area contributed by atoms with Gasteiger partial charge in [-0.25, -0.2) is 4.79 Å². The molecule has 1 spiro atoms. The van der Waals surface area contributed by atoms with Crippen molar-refractivity contribution in [2.75, 3.05) is 19.7 Å². The van der Waals surface area contributed by atoms with Gasteiger partial charge in [-0.05, 0) is 37.3 Å². The molecule has 1 aromatic rings. The summed E-state index contributed by atoms with van der Waals surface area (Å²) < 4.78 is 5.57. The molecule has 25 heavy (non-hydrogen) atoms. The van der Waals surface area contributed by atoms with Gasteiger partial charge < -0.3 is 20.3 Å². The number of likely N-dealkylation sites (tertiary alicyclic amines) is 1. The third-order valence-corrected chi connectivity index (χ3v) is 5.36. The van der Waals surface area contributed by atoms with Gasteiger partial charge in [-0.1, -0.05) is 6.07 Å². The Hall–Kier alpha value is -2.15. The van der Waals surface area contributed by atoms with Gasteiger partial charge in [-0.3, -0.25) is 9.78 Å². The van der Waals surface area contributed by atoms with Crippen LogP contribution in [0.5, 0.6) is 0 Å². The minimum absolute atomic E-state index is 0.0728. The molecule has 2 N–H and O–H groups in total. The van der Waals surface area contributed by atoms with Crippen LogP contribution in [0.2, 0.25) is 0 Å². The molecule has 0 atom stereocenters. The fraction of sp³-hybridized carbons (Fsp3) is 0.611. The molecular formula is C18H24N4O3. The summed E-state index contributed by atoms with van der Waals surface area (Å²) >= 11 is 0. The van der Waals surface area contributed by atoms with Crippen LogP contribution in [0.4, 0.5) is 4.79 Å². The van der Waals surface area contributed by atoms with Crippen LogP contribution in [0.15, 0.2) is 12.1 Å². The summed E-state index contributed by atoms with van der Waals surface area (Å²) in [4.78, 5) is 30.2. The van der Waals surface area contributed by atoms with Gasteiger partial charge in [-0.15, -0.1) is 0 Å². The van der Waals surface area contributed by atoms with Gasteiger partial charge in [0.1, 0.15) is 12.3 Å². The lowest BCUT2D eigenvalue weighted by Gasteiger charge is -2.38. The van der Waals surface area contributed by atoms with E-state index >= 15 is 0 Å². The molecule has 0 aromatic carbocycles. The number of aromatic nitrogens is 1. The van der Waals surface area contributed by atoms with Crippen LogP contribution in [0.1, 0.15) is 42.6 Å². The topological polar surface area (TPSA) is 83.6 Å². The number of ether oxygens (including phenoxy) is 1. The predicted molar refractivity (Wildman–Crippen MR) is 90.7 cm³/mol. The Kier molecular flexibility index (Phi) is 4.33. The van der Waals surface area contributed by atoms with Crippen LogP contribution in [0, 0.1) is 0 Å². The predicted octanol–water partition coefficient (Wildman–Crippen LogP) is 1.11. The first-order chi connectivity index (χ1) is 12.1. The number of aryl methyl sites for hydroxylation is 2. The van der Waals surface area contributed by atoms with E-state index in [-0.39, 0.29) is 18.5 Å². The van der Waals surface area contributed by atoms with Gasteiger partial charge in [-0.2, -0.15) is 0 Å². The van der Waals surface area contributed by atoms with Gasteiger partial charge in [0.05, 0.1) is 12.2 Å². The maximum absolute atomic E-state index is 12.4. The Bertz CT molecular complexity index is 683. The number of nitrogens with one attached hydrogen (secondary N) is 2. The first-order valence-corrected chi connectivity index (χ1v) is 9.09. The number of amides is 3. The normalized spacial score (nSPS) is 21.8. The number of fused-ring (bicyclic) bond motifs is 1. The van der Waals surface area contributed by atoms with E-state index in [2.05, 4.69) is 16.7 Å². The van der Waals surface area contributed by atoms with Crippen molar-refractivity contribution in [1.29, 1.82) is 0 Å². The van der Waals surface area contributed by atoms with Crippen molar-refractivity contribution in [3.8, 4) is 0 Å². The van der Waals surface area contributed by atoms with Crippen LogP contribution >= 0.6 is 0 Å². The second kappa shape index (κ2) is 6.63. The number of hydrogen-bond donors (Lipinski definition) is 2. The third-order valence-electron chi connectivity index (χ3n) is 5.36. The average molecular weight is 344 g/mol. The zero-order valence-electron chi connectivity index (χ0n) is 14.3. The van der Waals surface area contributed by atoms with Crippen molar-refractivity contribution in [3.05, 3.63) is 29.1 Å². The number of carbonyl (C=O) groups is 2. The Morgan fingerprint density at radius 3 is 2.84 bits per heavy atom. The lowest BCUT2D eigenvalue weighted by atomic mass is 9.96. The highest BCUT2D eigenvalue weighted by Crippen LogP contribution is 2.27. The summed E-state index contributed by atoms with van der Waals surface area (Å²) in [5, 5.41) is 5.85. The van der Waals surface area contributed by atoms with Gasteiger partial charge in [0.15, 0.2) is 0 Å². The molecule has 0 saturated carbocycles. The zero-order chi connectivity index (χ0) is 17.3. The highest BCUT2D eigenvalue weighted by atomic mass is 16.5. The van der Waals surface area contributed by atoms with Gasteiger partial charge >= 0.3 is 6.03 Å². The summed E-state index contributed by atoms with van der Waals surface area (Å²) in [5.41, 5.74) is 2.88. The number of hydrogen-bond acceptors (Lipinski definition) is 4. The Labute approximate surface area is 147 Å². The van der Waals surface area contributed by atoms with Crippen molar-refractivity contribution in [2.24, 2.45) is 0 Å². The number of nitrogens with zero attached hydrogens (tertiary/aromatic N) is 2. The monoisotopic (exact) mass is 344 g/mol. The van der Waals surface area contributed by atoms with E-state index in [9.17, 15) is 9.59 Å². The lowest BCUT2D eigenvalue weighted by molar-refractivity contribution is -0.119. The number of rotatable bonds is 2. The number of piperidine rings is 1. The quantitative estimate of drug-likeness (QED) is 0.842. The van der Waals surface area contributed by atoms with E-state index in [1.165, 1.54) is 24.1 Å². The highest BCUT2D eigenvalue weighted by molar-refractivity contribution is 5.80. The van der Waals surface area contributed by atoms with Crippen LogP contribution in [0.3, 0.4) is 0 Å². The molecule has 2 aliphatic heterocycles. The van der Waals surface area contributed by atoms with Crippen LogP contribution < -0.4 is 10.6 Å². The molecule has 3 aliphatic rings. The van der Waals surface area contributed by atoms with E-state index in [4.69, 9.17) is 9.72 Å². The van der Waals surface area contributed by atoms with E-state index in [1.54, 1.807) is 4.90 Å². The molecular weight excluding hydrogens is 320 g/mol. The van der Waals surface area contributed by atoms with E-state index in [1.807, 2.05) is 6.07 Å². The lowest BCUT2D eigenvalue weighted by Crippen LogP contribution is -2.54. The first-order valence-electron chi connectivity index (χ1n) is 9.09. The molecule has 4 rings (SSSR count). The number of carbonyl (C=O) groups excluding carboxylic acids is 2. The van der Waals surface area contributed by atoms with Crippen LogP contribution in [0.25, 0.3) is 0 Å². The summed E-state index contributed by atoms with van der Waals surface area (Å²) in [6.45, 7) is 1.71. The molecule has 1 aliphatic carbocycles. The molecule has 3 heterocycles. The van der Waals surface area contributed by atoms with Crippen molar-refractivity contribution < 1.29 is 14.3 Å². The van der Waals surface area contributed by atoms with Crippen molar-refractivity contribution in [2.45, 2.75) is 50.8 Å². The minimum atomic E-state index is -0.562. The second-order valence-electron chi connectivity index (χ2n) is 7.09. The van der Waals surface area contributed by atoms with Crippen molar-refractivity contribution in [1.82, 2.24) is 20.5 Å². The van der Waals surface area contributed by atoms with E-state index in [0.29, 0.717) is 32.5 Å². The largest absolute Gasteiger partial charge is 0.346 e. The van der Waals surface area contributed by atoms with Gasteiger partial charge in [0, 0.05) is 31.6 Å². The summed E-state index contributed by atoms with van der Waals surface area (Å²) in [7, 11) is 0. The van der Waals surface area contributed by atoms with Crippen molar-refractivity contribution >= 4 is 11.9 Å². The van der Waals surface area contributed by atoms with E-state index in [0.717, 1.165) is 18.5 Å². The average Bonchev–Trinajstić information content (AvgIpc) is 3.00. The SMILES string of the molecule is O=C1COC2(CCN(C(=O)NCc3ccc4c(n3)CCCC4)CC2)N1. The molecule has 0 unspecified atom stereocenters. The minimum Gasteiger partial charge on any atom is -0.346 e. The van der Waals surface area contributed by atoms with Gasteiger partial charge in [0.2, 0.25) is 5.91 Å². The maximum Gasteiger partial charge on any atom is 0.317 e. The molecule has 7 heteroatoms. The van der Waals surface area contributed by atoms with Crippen LogP contribution in [-0.2, 0) is 28.9 Å². The van der Waals surface area contributed by atoms with Crippen molar-refractivity contribution in [3.63, 3.8) is 0 Å². The molecule has 7 nitrogen and oxygen atoms in total. The molecule has 0 radical (unpaired) electrons. The molecule has 134 valence electrons. The highest BCUT2D eigenvalue weighted by Gasteiger charge is 2.42. The standard InChI is InChI=1S/C18H24N4O3/c23-16-12-25-18(21-16)7-9-22(10-8-18)17(24)19-11-14-6-5-13-3-1-2-4-15(13)20-14/h5-6H,1-4,7-12H2,(H,19,24)(H,21,23). The molecule has 3 amide bonds. The summed E-state index contributed by atoms with van der Waals surface area (Å²) in [6.07, 6.45) is 5.85. The number of pyridine rings is 1. The Morgan fingerprint density at radius 2 is 2.08 bits per heavy atom. The smallest absolute Gasteiger partial charge is 0.317 e. The number of urea groups is 1. The molecule has 1 aromatic heterocycles. The van der Waals surface area contributed by atoms with E-state index < -0.39 is 5.72 Å². The Morgan fingerprint density at radius 1 is 1.28 bits per heavy atom. The fourth-order valence-corrected chi connectivity index (χ4v) is 3.87. The second-order valence-corrected chi connectivity index (χ2v) is 7.09. The fourth-order valence-electron chi connectivity index (χ4n) is 3.87. The Balaban J connectivity index is 1.29. The summed E-state index contributed by atoms with van der Waals surface area (Å²) in [6, 6.07) is 4.07. The first kappa shape index (κ1) is 16.3. The molecule has 2 fully saturated rings. The molecule has 0 bridgehead atoms. The maximum atomic E-state index is 12.4. The summed E-state index contributed by atoms with van der Waals surface area (Å²) in [5.74, 6) is -0.0728. The zero-order valence-corrected chi connectivity index (χ0v) is 14.3. The van der Waals surface area contributed by atoms with Crippen LogP contribution in [-0.4, -0.2) is 47.2 Å².